The van der Waals surface area contributed by atoms with Crippen LogP contribution in [-0.4, -0.2) is 12.6 Å². The Bertz CT molecular complexity index is 696. The second kappa shape index (κ2) is 9.21. The number of aryl methyl sites for hydroxylation is 1. The SMILES string of the molecule is C=C(C)[C@@H]1CCC(C)=C[C@H]1c1ccc(CCC)c(C(=O)OCCC)c1C. The summed E-state index contributed by atoms with van der Waals surface area (Å²) in [5.74, 6) is 0.571. The summed E-state index contributed by atoms with van der Waals surface area (Å²) in [6.07, 6.45) is 7.41. The second-order valence-electron chi connectivity index (χ2n) is 7.73. The Balaban J connectivity index is 2.53. The van der Waals surface area contributed by atoms with E-state index in [1.54, 1.807) is 0 Å². The van der Waals surface area contributed by atoms with Gasteiger partial charge in [0, 0.05) is 5.92 Å². The van der Waals surface area contributed by atoms with Crippen LogP contribution in [0.1, 0.15) is 86.3 Å². The number of benzene rings is 1. The van der Waals surface area contributed by atoms with Crippen LogP contribution >= 0.6 is 0 Å². The van der Waals surface area contributed by atoms with Crippen molar-refractivity contribution < 1.29 is 9.53 Å². The van der Waals surface area contributed by atoms with Crippen molar-refractivity contribution in [3.8, 4) is 0 Å². The summed E-state index contributed by atoms with van der Waals surface area (Å²) in [5.41, 5.74) is 6.89. The third kappa shape index (κ3) is 4.47. The van der Waals surface area contributed by atoms with E-state index in [9.17, 15) is 4.79 Å². The average molecular weight is 355 g/mol. The van der Waals surface area contributed by atoms with E-state index in [4.69, 9.17) is 4.74 Å². The molecule has 0 saturated heterocycles. The van der Waals surface area contributed by atoms with Crippen LogP contribution in [0.5, 0.6) is 0 Å². The molecule has 0 aromatic heterocycles. The van der Waals surface area contributed by atoms with Crippen molar-refractivity contribution in [2.45, 2.75) is 72.6 Å². The molecule has 2 atom stereocenters. The maximum atomic E-state index is 12.8. The van der Waals surface area contributed by atoms with Gasteiger partial charge in [-0.05, 0) is 69.1 Å². The zero-order valence-corrected chi connectivity index (χ0v) is 17.2. The number of esters is 1. The van der Waals surface area contributed by atoms with Gasteiger partial charge in [0.2, 0.25) is 0 Å². The maximum Gasteiger partial charge on any atom is 0.338 e. The first kappa shape index (κ1) is 20.5. The summed E-state index contributed by atoms with van der Waals surface area (Å²) in [6.45, 7) is 15.3. The summed E-state index contributed by atoms with van der Waals surface area (Å²) >= 11 is 0. The van der Waals surface area contributed by atoms with E-state index in [0.29, 0.717) is 18.4 Å². The van der Waals surface area contributed by atoms with E-state index >= 15 is 0 Å². The van der Waals surface area contributed by atoms with Crippen LogP contribution in [0.4, 0.5) is 0 Å². The van der Waals surface area contributed by atoms with Crippen molar-refractivity contribution in [1.82, 2.24) is 0 Å². The number of carbonyl (C=O) groups excluding carboxylic acids is 1. The molecular formula is C24H34O2. The summed E-state index contributed by atoms with van der Waals surface area (Å²) in [4.78, 5) is 12.8. The lowest BCUT2D eigenvalue weighted by atomic mass is 9.72. The number of hydrogen-bond acceptors (Lipinski definition) is 2. The molecule has 142 valence electrons. The first-order chi connectivity index (χ1) is 12.4. The predicted octanol–water partition coefficient (Wildman–Crippen LogP) is 6.53. The molecule has 0 N–H and O–H groups in total. The minimum atomic E-state index is -0.168. The summed E-state index contributed by atoms with van der Waals surface area (Å²) in [7, 11) is 0. The molecule has 0 aliphatic heterocycles. The molecule has 0 saturated carbocycles. The summed E-state index contributed by atoms with van der Waals surface area (Å²) in [5, 5.41) is 0. The highest BCUT2D eigenvalue weighted by Crippen LogP contribution is 2.41. The fraction of sp³-hybridized carbons (Fsp3) is 0.542. The zero-order chi connectivity index (χ0) is 19.3. The first-order valence-corrected chi connectivity index (χ1v) is 10.0. The minimum Gasteiger partial charge on any atom is -0.462 e. The molecule has 26 heavy (non-hydrogen) atoms. The van der Waals surface area contributed by atoms with Crippen LogP contribution in [0.3, 0.4) is 0 Å². The molecule has 0 unspecified atom stereocenters. The Morgan fingerprint density at radius 2 is 1.96 bits per heavy atom. The Labute approximate surface area is 159 Å². The number of hydrogen-bond donors (Lipinski definition) is 0. The predicted molar refractivity (Wildman–Crippen MR) is 110 cm³/mol. The van der Waals surface area contributed by atoms with E-state index in [1.807, 2.05) is 6.92 Å². The molecule has 0 fully saturated rings. The molecule has 0 bridgehead atoms. The average Bonchev–Trinajstić information content (AvgIpc) is 2.60. The molecule has 0 amide bonds. The van der Waals surface area contributed by atoms with Crippen LogP contribution in [0.2, 0.25) is 0 Å². The van der Waals surface area contributed by atoms with Gasteiger partial charge in [-0.3, -0.25) is 0 Å². The third-order valence-electron chi connectivity index (χ3n) is 5.49. The van der Waals surface area contributed by atoms with E-state index in [-0.39, 0.29) is 5.97 Å². The van der Waals surface area contributed by atoms with Gasteiger partial charge in [0.25, 0.3) is 0 Å². The first-order valence-electron chi connectivity index (χ1n) is 10.0. The maximum absolute atomic E-state index is 12.8. The van der Waals surface area contributed by atoms with Crippen molar-refractivity contribution >= 4 is 5.97 Å². The second-order valence-corrected chi connectivity index (χ2v) is 7.73. The minimum absolute atomic E-state index is 0.168. The molecule has 2 nitrogen and oxygen atoms in total. The van der Waals surface area contributed by atoms with Crippen molar-refractivity contribution in [3.63, 3.8) is 0 Å². The quantitative estimate of drug-likeness (QED) is 0.411. The molecule has 1 aliphatic rings. The van der Waals surface area contributed by atoms with Gasteiger partial charge >= 0.3 is 5.97 Å². The van der Waals surface area contributed by atoms with E-state index in [2.05, 4.69) is 52.5 Å². The van der Waals surface area contributed by atoms with Gasteiger partial charge in [-0.1, -0.05) is 56.2 Å². The van der Waals surface area contributed by atoms with E-state index in [0.717, 1.165) is 48.8 Å². The summed E-state index contributed by atoms with van der Waals surface area (Å²) < 4.78 is 5.51. The molecule has 0 spiro atoms. The molecule has 0 radical (unpaired) electrons. The molecular weight excluding hydrogens is 320 g/mol. The number of ether oxygens (including phenoxy) is 1. The zero-order valence-electron chi connectivity index (χ0n) is 17.2. The fourth-order valence-electron chi connectivity index (χ4n) is 4.10. The lowest BCUT2D eigenvalue weighted by molar-refractivity contribution is 0.0502. The lowest BCUT2D eigenvalue weighted by Gasteiger charge is -2.32. The van der Waals surface area contributed by atoms with Crippen LogP contribution in [-0.2, 0) is 11.2 Å². The van der Waals surface area contributed by atoms with Crippen molar-refractivity contribution in [2.24, 2.45) is 5.92 Å². The van der Waals surface area contributed by atoms with Crippen molar-refractivity contribution in [2.75, 3.05) is 6.61 Å². The lowest BCUT2D eigenvalue weighted by Crippen LogP contribution is -2.20. The normalized spacial score (nSPS) is 19.8. The molecule has 0 heterocycles. The number of rotatable bonds is 7. The Kier molecular flexibility index (Phi) is 7.25. The topological polar surface area (TPSA) is 26.3 Å². The smallest absolute Gasteiger partial charge is 0.338 e. The summed E-state index contributed by atoms with van der Waals surface area (Å²) in [6, 6.07) is 4.37. The van der Waals surface area contributed by atoms with Crippen LogP contribution in [0.15, 0.2) is 35.9 Å². The van der Waals surface area contributed by atoms with Crippen molar-refractivity contribution in [3.05, 3.63) is 58.2 Å². The molecule has 1 aliphatic carbocycles. The highest BCUT2D eigenvalue weighted by molar-refractivity contribution is 5.93. The van der Waals surface area contributed by atoms with Gasteiger partial charge in [0.15, 0.2) is 0 Å². The van der Waals surface area contributed by atoms with Crippen LogP contribution in [0, 0.1) is 12.8 Å². The van der Waals surface area contributed by atoms with Crippen LogP contribution < -0.4 is 0 Å². The van der Waals surface area contributed by atoms with Crippen LogP contribution in [0.25, 0.3) is 0 Å². The monoisotopic (exact) mass is 354 g/mol. The van der Waals surface area contributed by atoms with E-state index < -0.39 is 0 Å². The highest BCUT2D eigenvalue weighted by atomic mass is 16.5. The Morgan fingerprint density at radius 3 is 2.58 bits per heavy atom. The third-order valence-corrected chi connectivity index (χ3v) is 5.49. The largest absolute Gasteiger partial charge is 0.462 e. The number of allylic oxidation sites excluding steroid dienone is 3. The van der Waals surface area contributed by atoms with Gasteiger partial charge in [-0.25, -0.2) is 4.79 Å². The van der Waals surface area contributed by atoms with Gasteiger partial charge in [0.1, 0.15) is 0 Å². The number of carbonyl (C=O) groups is 1. The molecule has 2 heteroatoms. The molecule has 1 aromatic carbocycles. The van der Waals surface area contributed by atoms with Crippen molar-refractivity contribution in [1.29, 1.82) is 0 Å². The van der Waals surface area contributed by atoms with Gasteiger partial charge in [0.05, 0.1) is 12.2 Å². The van der Waals surface area contributed by atoms with Gasteiger partial charge in [-0.2, -0.15) is 0 Å². The Morgan fingerprint density at radius 1 is 1.23 bits per heavy atom. The fourth-order valence-corrected chi connectivity index (χ4v) is 4.10. The van der Waals surface area contributed by atoms with Gasteiger partial charge in [-0.15, -0.1) is 0 Å². The van der Waals surface area contributed by atoms with E-state index in [1.165, 1.54) is 16.7 Å². The molecule has 1 aromatic rings. The van der Waals surface area contributed by atoms with Gasteiger partial charge < -0.3 is 4.74 Å². The molecule has 2 rings (SSSR count). The Hall–Kier alpha value is -1.83. The highest BCUT2D eigenvalue weighted by Gasteiger charge is 2.29. The standard InChI is InChI=1S/C24H34O2/c1-7-9-19-11-13-21(18(6)23(19)24(25)26-14-8-2)22-15-17(5)10-12-20(22)16(3)4/h11,13,15,20,22H,3,7-10,12,14H2,1-2,4-6H3/t20-,22+/m0/s1.